The van der Waals surface area contributed by atoms with Crippen molar-refractivity contribution in [2.45, 2.75) is 13.8 Å². The van der Waals surface area contributed by atoms with E-state index in [1.54, 1.807) is 0 Å². The minimum Gasteiger partial charge on any atom is -0.261 e. The van der Waals surface area contributed by atoms with Crippen LogP contribution in [0.3, 0.4) is 0 Å². The van der Waals surface area contributed by atoms with E-state index in [0.717, 1.165) is 22.3 Å². The van der Waals surface area contributed by atoms with Crippen molar-refractivity contribution in [3.8, 4) is 0 Å². The van der Waals surface area contributed by atoms with Gasteiger partial charge in [0.05, 0.1) is 11.7 Å². The SMILES string of the molecule is Cc1ccc(C)c(C=NNc2ccc3ccccc3n2)c1. The van der Waals surface area contributed by atoms with Crippen molar-refractivity contribution < 1.29 is 0 Å². The third kappa shape index (κ3) is 3.08. The molecule has 3 aromatic rings. The molecule has 1 N–H and O–H groups in total. The van der Waals surface area contributed by atoms with Crippen molar-refractivity contribution in [2.75, 3.05) is 5.43 Å². The molecule has 0 fully saturated rings. The summed E-state index contributed by atoms with van der Waals surface area (Å²) in [6, 6.07) is 18.3. The number of fused-ring (bicyclic) bond motifs is 1. The number of benzene rings is 2. The highest BCUT2D eigenvalue weighted by Gasteiger charge is 1.97. The van der Waals surface area contributed by atoms with Gasteiger partial charge in [0.1, 0.15) is 5.82 Å². The zero-order valence-corrected chi connectivity index (χ0v) is 12.2. The molecule has 104 valence electrons. The first-order valence-electron chi connectivity index (χ1n) is 6.94. The summed E-state index contributed by atoms with van der Waals surface area (Å²) in [5.74, 6) is 0.746. The molecule has 0 atom stereocenters. The van der Waals surface area contributed by atoms with Crippen molar-refractivity contribution in [1.29, 1.82) is 0 Å². The molecule has 0 spiro atoms. The van der Waals surface area contributed by atoms with Crippen LogP contribution in [0.4, 0.5) is 5.82 Å². The first-order valence-corrected chi connectivity index (χ1v) is 6.94. The van der Waals surface area contributed by atoms with Crippen molar-refractivity contribution in [3.05, 3.63) is 71.3 Å². The molecule has 3 heteroatoms. The zero-order valence-electron chi connectivity index (χ0n) is 12.2. The lowest BCUT2D eigenvalue weighted by molar-refractivity contribution is 1.26. The predicted molar refractivity (Wildman–Crippen MR) is 88.9 cm³/mol. The van der Waals surface area contributed by atoms with Gasteiger partial charge in [-0.2, -0.15) is 5.10 Å². The third-order valence-corrected chi connectivity index (χ3v) is 3.42. The molecule has 0 saturated carbocycles. The lowest BCUT2D eigenvalue weighted by Crippen LogP contribution is -1.95. The third-order valence-electron chi connectivity index (χ3n) is 3.42. The Morgan fingerprint density at radius 3 is 2.76 bits per heavy atom. The smallest absolute Gasteiger partial charge is 0.146 e. The van der Waals surface area contributed by atoms with Gasteiger partial charge in [-0.25, -0.2) is 4.98 Å². The number of nitrogens with zero attached hydrogens (tertiary/aromatic N) is 2. The lowest BCUT2D eigenvalue weighted by atomic mass is 10.1. The van der Waals surface area contributed by atoms with Gasteiger partial charge in [-0.3, -0.25) is 5.43 Å². The Morgan fingerprint density at radius 1 is 1.00 bits per heavy atom. The molecular formula is C18H17N3. The van der Waals surface area contributed by atoms with Crippen molar-refractivity contribution in [2.24, 2.45) is 5.10 Å². The van der Waals surface area contributed by atoms with Crippen LogP contribution in [0.15, 0.2) is 59.7 Å². The second kappa shape index (κ2) is 5.75. The van der Waals surface area contributed by atoms with Crippen molar-refractivity contribution in [1.82, 2.24) is 4.98 Å². The number of pyridine rings is 1. The molecule has 1 heterocycles. The van der Waals surface area contributed by atoms with E-state index in [0.29, 0.717) is 0 Å². The summed E-state index contributed by atoms with van der Waals surface area (Å²) in [5, 5.41) is 5.41. The first-order chi connectivity index (χ1) is 10.2. The van der Waals surface area contributed by atoms with Gasteiger partial charge in [0, 0.05) is 5.39 Å². The molecule has 2 aromatic carbocycles. The van der Waals surface area contributed by atoms with Gasteiger partial charge in [0.15, 0.2) is 0 Å². The number of aromatic nitrogens is 1. The first kappa shape index (κ1) is 13.3. The van der Waals surface area contributed by atoms with E-state index in [-0.39, 0.29) is 0 Å². The van der Waals surface area contributed by atoms with Crippen LogP contribution in [0, 0.1) is 13.8 Å². The summed E-state index contributed by atoms with van der Waals surface area (Å²) in [5.41, 5.74) is 7.50. The fraction of sp³-hybridized carbons (Fsp3) is 0.111. The molecular weight excluding hydrogens is 258 g/mol. The molecule has 0 aliphatic heterocycles. The Bertz CT molecular complexity index is 806. The Hall–Kier alpha value is -2.68. The number of anilines is 1. The molecule has 0 aliphatic rings. The summed E-state index contributed by atoms with van der Waals surface area (Å²) in [6.07, 6.45) is 1.83. The average Bonchev–Trinajstić information content (AvgIpc) is 2.50. The van der Waals surface area contributed by atoms with Crippen LogP contribution in [0.1, 0.15) is 16.7 Å². The van der Waals surface area contributed by atoms with E-state index in [1.807, 2.05) is 42.6 Å². The predicted octanol–water partition coefficient (Wildman–Crippen LogP) is 4.30. The largest absolute Gasteiger partial charge is 0.261 e. The Kier molecular flexibility index (Phi) is 3.65. The maximum absolute atomic E-state index is 4.52. The van der Waals surface area contributed by atoms with Crippen LogP contribution in [0.25, 0.3) is 10.9 Å². The Morgan fingerprint density at radius 2 is 1.86 bits per heavy atom. The monoisotopic (exact) mass is 275 g/mol. The summed E-state index contributed by atoms with van der Waals surface area (Å²) in [7, 11) is 0. The number of aryl methyl sites for hydroxylation is 2. The molecule has 3 nitrogen and oxygen atoms in total. The van der Waals surface area contributed by atoms with E-state index in [4.69, 9.17) is 0 Å². The van der Waals surface area contributed by atoms with Crippen LogP contribution in [0.2, 0.25) is 0 Å². The van der Waals surface area contributed by atoms with Crippen LogP contribution >= 0.6 is 0 Å². The highest BCUT2D eigenvalue weighted by molar-refractivity contribution is 5.83. The maximum atomic E-state index is 4.52. The number of para-hydroxylation sites is 1. The summed E-state index contributed by atoms with van der Waals surface area (Å²) >= 11 is 0. The second-order valence-corrected chi connectivity index (χ2v) is 5.12. The molecule has 0 saturated heterocycles. The van der Waals surface area contributed by atoms with Crippen LogP contribution < -0.4 is 5.43 Å². The number of hydrazone groups is 1. The van der Waals surface area contributed by atoms with E-state index < -0.39 is 0 Å². The maximum Gasteiger partial charge on any atom is 0.146 e. The topological polar surface area (TPSA) is 37.3 Å². The van der Waals surface area contributed by atoms with Gasteiger partial charge in [-0.05, 0) is 43.2 Å². The standard InChI is InChI=1S/C18H17N3/c1-13-7-8-14(2)16(11-13)12-19-21-18-10-9-15-5-3-4-6-17(15)20-18/h3-12H,1-2H3,(H,20,21). The average molecular weight is 275 g/mol. The van der Waals surface area contributed by atoms with E-state index in [1.165, 1.54) is 11.1 Å². The quantitative estimate of drug-likeness (QED) is 0.571. The molecule has 0 radical (unpaired) electrons. The summed E-state index contributed by atoms with van der Waals surface area (Å²) in [6.45, 7) is 4.16. The number of rotatable bonds is 3. The number of hydrogen-bond acceptors (Lipinski definition) is 3. The van der Waals surface area contributed by atoms with Gasteiger partial charge in [0.25, 0.3) is 0 Å². The summed E-state index contributed by atoms with van der Waals surface area (Å²) in [4.78, 5) is 4.52. The minimum atomic E-state index is 0.746. The molecule has 0 unspecified atom stereocenters. The fourth-order valence-corrected chi connectivity index (χ4v) is 2.20. The highest BCUT2D eigenvalue weighted by Crippen LogP contribution is 2.14. The number of hydrogen-bond donors (Lipinski definition) is 1. The molecule has 0 amide bonds. The van der Waals surface area contributed by atoms with E-state index in [9.17, 15) is 0 Å². The zero-order chi connectivity index (χ0) is 14.7. The molecule has 0 aliphatic carbocycles. The van der Waals surface area contributed by atoms with Gasteiger partial charge in [0.2, 0.25) is 0 Å². The lowest BCUT2D eigenvalue weighted by Gasteiger charge is -2.03. The van der Waals surface area contributed by atoms with E-state index >= 15 is 0 Å². The van der Waals surface area contributed by atoms with E-state index in [2.05, 4.69) is 47.6 Å². The van der Waals surface area contributed by atoms with Crippen LogP contribution in [-0.2, 0) is 0 Å². The highest BCUT2D eigenvalue weighted by atomic mass is 15.3. The Labute approximate surface area is 124 Å². The van der Waals surface area contributed by atoms with Crippen molar-refractivity contribution in [3.63, 3.8) is 0 Å². The van der Waals surface area contributed by atoms with Gasteiger partial charge in [-0.15, -0.1) is 0 Å². The van der Waals surface area contributed by atoms with Crippen LogP contribution in [0.5, 0.6) is 0 Å². The van der Waals surface area contributed by atoms with Crippen LogP contribution in [-0.4, -0.2) is 11.2 Å². The fourth-order valence-electron chi connectivity index (χ4n) is 2.20. The Balaban J connectivity index is 1.79. The molecule has 0 bridgehead atoms. The van der Waals surface area contributed by atoms with Gasteiger partial charge < -0.3 is 0 Å². The molecule has 21 heavy (non-hydrogen) atoms. The normalized spacial score (nSPS) is 11.1. The number of nitrogens with one attached hydrogen (secondary N) is 1. The van der Waals surface area contributed by atoms with Crippen molar-refractivity contribution >= 4 is 22.9 Å². The minimum absolute atomic E-state index is 0.746. The molecule has 3 rings (SSSR count). The van der Waals surface area contributed by atoms with Gasteiger partial charge >= 0.3 is 0 Å². The summed E-state index contributed by atoms with van der Waals surface area (Å²) < 4.78 is 0. The molecule has 1 aromatic heterocycles. The second-order valence-electron chi connectivity index (χ2n) is 5.12. The van der Waals surface area contributed by atoms with Gasteiger partial charge in [-0.1, -0.05) is 42.0 Å².